The van der Waals surface area contributed by atoms with Crippen molar-refractivity contribution in [2.45, 2.75) is 33.3 Å². The predicted octanol–water partition coefficient (Wildman–Crippen LogP) is 4.13. The first kappa shape index (κ1) is 22.6. The fourth-order valence-corrected chi connectivity index (χ4v) is 3.30. The lowest BCUT2D eigenvalue weighted by Gasteiger charge is -2.30. The number of benzene rings is 2. The molecule has 0 radical (unpaired) electrons. The molecular weight excluding hydrogens is 396 g/mol. The molecular formula is C24H30N2O5. The second-order valence-electron chi connectivity index (χ2n) is 7.37. The van der Waals surface area contributed by atoms with Gasteiger partial charge in [-0.15, -0.1) is 0 Å². The summed E-state index contributed by atoms with van der Waals surface area (Å²) in [6.45, 7) is 8.68. The molecule has 0 spiro atoms. The van der Waals surface area contributed by atoms with Gasteiger partial charge in [-0.25, -0.2) is 4.79 Å². The highest BCUT2D eigenvalue weighted by atomic mass is 16.5. The van der Waals surface area contributed by atoms with E-state index in [-0.39, 0.29) is 18.6 Å². The van der Waals surface area contributed by atoms with Gasteiger partial charge < -0.3 is 24.4 Å². The van der Waals surface area contributed by atoms with Crippen molar-refractivity contribution in [1.82, 2.24) is 0 Å². The maximum atomic E-state index is 12.8. The maximum absolute atomic E-state index is 12.8. The summed E-state index contributed by atoms with van der Waals surface area (Å²) in [6.07, 6.45) is 0.945. The van der Waals surface area contributed by atoms with Crippen molar-refractivity contribution in [2.24, 2.45) is 0 Å². The molecule has 1 fully saturated rings. The molecule has 1 aliphatic heterocycles. The quantitative estimate of drug-likeness (QED) is 0.640. The Labute approximate surface area is 183 Å². The Balaban J connectivity index is 1.81. The van der Waals surface area contributed by atoms with Gasteiger partial charge in [-0.05, 0) is 56.7 Å². The summed E-state index contributed by atoms with van der Waals surface area (Å²) >= 11 is 0. The Hall–Kier alpha value is -3.06. The number of carbonyl (C=O) groups is 2. The van der Waals surface area contributed by atoms with E-state index in [1.54, 1.807) is 37.3 Å². The van der Waals surface area contributed by atoms with E-state index in [1.165, 1.54) is 0 Å². The van der Waals surface area contributed by atoms with Gasteiger partial charge in [-0.2, -0.15) is 0 Å². The van der Waals surface area contributed by atoms with E-state index in [2.05, 4.69) is 10.2 Å². The van der Waals surface area contributed by atoms with Crippen molar-refractivity contribution in [1.29, 1.82) is 0 Å². The van der Waals surface area contributed by atoms with E-state index in [9.17, 15) is 9.59 Å². The van der Waals surface area contributed by atoms with Crippen LogP contribution in [-0.2, 0) is 9.47 Å². The van der Waals surface area contributed by atoms with E-state index in [4.69, 9.17) is 14.2 Å². The molecule has 1 aliphatic rings. The van der Waals surface area contributed by atoms with Crippen molar-refractivity contribution >= 4 is 23.3 Å². The van der Waals surface area contributed by atoms with Gasteiger partial charge in [0.05, 0.1) is 37.2 Å². The molecule has 1 unspecified atom stereocenters. The van der Waals surface area contributed by atoms with Gasteiger partial charge in [0.15, 0.2) is 0 Å². The summed E-state index contributed by atoms with van der Waals surface area (Å²) in [6, 6.07) is 12.4. The average molecular weight is 427 g/mol. The van der Waals surface area contributed by atoms with Crippen LogP contribution in [0.1, 0.15) is 47.9 Å². The van der Waals surface area contributed by atoms with Crippen LogP contribution in [0.4, 0.5) is 11.4 Å². The lowest BCUT2D eigenvalue weighted by atomic mass is 10.1. The van der Waals surface area contributed by atoms with Gasteiger partial charge in [0, 0.05) is 24.3 Å². The van der Waals surface area contributed by atoms with Gasteiger partial charge >= 0.3 is 5.97 Å². The van der Waals surface area contributed by atoms with E-state index in [0.717, 1.165) is 12.1 Å². The number of nitrogens with one attached hydrogen (secondary N) is 1. The predicted molar refractivity (Wildman–Crippen MR) is 120 cm³/mol. The summed E-state index contributed by atoms with van der Waals surface area (Å²) in [5.41, 5.74) is 2.22. The molecule has 3 rings (SSSR count). The molecule has 1 amide bonds. The van der Waals surface area contributed by atoms with E-state index in [0.29, 0.717) is 48.9 Å². The average Bonchev–Trinajstić information content (AvgIpc) is 2.80. The molecule has 7 nitrogen and oxygen atoms in total. The first-order chi connectivity index (χ1) is 15.0. The summed E-state index contributed by atoms with van der Waals surface area (Å²) in [4.78, 5) is 27.5. The second kappa shape index (κ2) is 10.8. The number of hydrogen-bond donors (Lipinski definition) is 1. The number of esters is 1. The Kier molecular flexibility index (Phi) is 7.89. The number of amides is 1. The first-order valence-corrected chi connectivity index (χ1v) is 10.7. The van der Waals surface area contributed by atoms with Gasteiger partial charge in [0.1, 0.15) is 5.75 Å². The zero-order chi connectivity index (χ0) is 22.2. The zero-order valence-electron chi connectivity index (χ0n) is 18.3. The van der Waals surface area contributed by atoms with Crippen LogP contribution in [0.2, 0.25) is 0 Å². The minimum atomic E-state index is -0.413. The molecule has 7 heteroatoms. The second-order valence-corrected chi connectivity index (χ2v) is 7.37. The number of ether oxygens (including phenoxy) is 3. The lowest BCUT2D eigenvalue weighted by molar-refractivity contribution is 0.0526. The van der Waals surface area contributed by atoms with Gasteiger partial charge in [-0.1, -0.05) is 13.0 Å². The monoisotopic (exact) mass is 426 g/mol. The number of carbonyl (C=O) groups excluding carboxylic acids is 2. The molecule has 0 saturated carbocycles. The highest BCUT2D eigenvalue weighted by Crippen LogP contribution is 2.27. The van der Waals surface area contributed by atoms with Crippen LogP contribution in [0.15, 0.2) is 42.5 Å². The summed E-state index contributed by atoms with van der Waals surface area (Å²) in [5.74, 6) is -0.0375. The molecule has 166 valence electrons. The van der Waals surface area contributed by atoms with Crippen LogP contribution in [0.25, 0.3) is 0 Å². The largest absolute Gasteiger partial charge is 0.491 e. The van der Waals surface area contributed by atoms with E-state index in [1.807, 2.05) is 26.0 Å². The molecule has 0 bridgehead atoms. The molecule has 2 aromatic carbocycles. The Morgan fingerprint density at radius 1 is 1.13 bits per heavy atom. The zero-order valence-corrected chi connectivity index (χ0v) is 18.3. The van der Waals surface area contributed by atoms with Gasteiger partial charge in [0.25, 0.3) is 5.91 Å². The van der Waals surface area contributed by atoms with Crippen LogP contribution in [-0.4, -0.2) is 50.9 Å². The normalized spacial score (nSPS) is 14.6. The molecule has 1 N–H and O–H groups in total. The van der Waals surface area contributed by atoms with Crippen LogP contribution < -0.4 is 15.0 Å². The van der Waals surface area contributed by atoms with Crippen LogP contribution >= 0.6 is 0 Å². The molecule has 2 aromatic rings. The highest BCUT2D eigenvalue weighted by Gasteiger charge is 2.21. The van der Waals surface area contributed by atoms with Crippen molar-refractivity contribution in [3.8, 4) is 5.75 Å². The molecule has 1 saturated heterocycles. The first-order valence-electron chi connectivity index (χ1n) is 10.7. The van der Waals surface area contributed by atoms with Crippen molar-refractivity contribution < 1.29 is 23.8 Å². The van der Waals surface area contributed by atoms with Crippen LogP contribution in [0.3, 0.4) is 0 Å². The third-order valence-corrected chi connectivity index (χ3v) is 5.11. The van der Waals surface area contributed by atoms with E-state index < -0.39 is 5.97 Å². The maximum Gasteiger partial charge on any atom is 0.340 e. The SMILES string of the molecule is CCOC(=O)c1cc(NC(=O)c2cccc(OC(C)CC)c2)ccc1N1CCOCC1. The standard InChI is InChI=1S/C24H30N2O5/c1-4-17(3)31-20-8-6-7-18(15-20)23(27)25-19-9-10-22(26-11-13-29-14-12-26)21(16-19)24(28)30-5-2/h6-10,15-17H,4-5,11-14H2,1-3H3,(H,25,27). The fraction of sp³-hybridized carbons (Fsp3) is 0.417. The molecule has 1 atom stereocenters. The summed E-state index contributed by atoms with van der Waals surface area (Å²) < 4.78 is 16.5. The van der Waals surface area contributed by atoms with Crippen LogP contribution in [0.5, 0.6) is 5.75 Å². The minimum absolute atomic E-state index is 0.0678. The van der Waals surface area contributed by atoms with Gasteiger partial charge in [-0.3, -0.25) is 4.79 Å². The third kappa shape index (κ3) is 5.98. The lowest BCUT2D eigenvalue weighted by Crippen LogP contribution is -2.37. The molecule has 0 aromatic heterocycles. The number of nitrogens with zero attached hydrogens (tertiary/aromatic N) is 1. The third-order valence-electron chi connectivity index (χ3n) is 5.11. The van der Waals surface area contributed by atoms with Crippen molar-refractivity contribution in [2.75, 3.05) is 43.1 Å². The highest BCUT2D eigenvalue weighted by molar-refractivity contribution is 6.05. The smallest absolute Gasteiger partial charge is 0.340 e. The van der Waals surface area contributed by atoms with Crippen molar-refractivity contribution in [3.05, 3.63) is 53.6 Å². The molecule has 31 heavy (non-hydrogen) atoms. The van der Waals surface area contributed by atoms with Gasteiger partial charge in [0.2, 0.25) is 0 Å². The van der Waals surface area contributed by atoms with Crippen molar-refractivity contribution in [3.63, 3.8) is 0 Å². The number of hydrogen-bond acceptors (Lipinski definition) is 6. The minimum Gasteiger partial charge on any atom is -0.491 e. The van der Waals surface area contributed by atoms with Crippen LogP contribution in [0, 0.1) is 0 Å². The molecule has 1 heterocycles. The number of rotatable bonds is 8. The fourth-order valence-electron chi connectivity index (χ4n) is 3.30. The van der Waals surface area contributed by atoms with E-state index >= 15 is 0 Å². The Bertz CT molecular complexity index is 909. The summed E-state index contributed by atoms with van der Waals surface area (Å²) in [5, 5.41) is 2.87. The summed E-state index contributed by atoms with van der Waals surface area (Å²) in [7, 11) is 0. The Morgan fingerprint density at radius 3 is 2.61 bits per heavy atom. The Morgan fingerprint density at radius 2 is 1.90 bits per heavy atom. The topological polar surface area (TPSA) is 77.1 Å². The molecule has 0 aliphatic carbocycles. The number of morpholine rings is 1. The number of anilines is 2.